The van der Waals surface area contributed by atoms with Gasteiger partial charge in [-0.3, -0.25) is 20.9 Å². The maximum absolute atomic E-state index is 10.9. The molecule has 1 aromatic carbocycles. The molecular formula is C12H20N4O2. The third kappa shape index (κ3) is 3.41. The quantitative estimate of drug-likeness (QED) is 0.460. The SMILES string of the molecule is CCC(C)N(C)Cc1ccc(NN)c([N+](=O)[O-])c1. The van der Waals surface area contributed by atoms with Crippen LogP contribution >= 0.6 is 0 Å². The van der Waals surface area contributed by atoms with Crippen molar-refractivity contribution in [1.82, 2.24) is 4.90 Å². The Bertz CT molecular complexity index is 423. The number of hydrogen-bond donors (Lipinski definition) is 2. The number of nitro benzene ring substituents is 1. The molecule has 3 N–H and O–H groups in total. The van der Waals surface area contributed by atoms with E-state index in [0.29, 0.717) is 18.3 Å². The van der Waals surface area contributed by atoms with E-state index < -0.39 is 4.92 Å². The van der Waals surface area contributed by atoms with Crippen molar-refractivity contribution in [3.63, 3.8) is 0 Å². The third-order valence-electron chi connectivity index (χ3n) is 3.19. The van der Waals surface area contributed by atoms with Gasteiger partial charge in [0, 0.05) is 18.7 Å². The average Bonchev–Trinajstić information content (AvgIpc) is 2.37. The number of benzene rings is 1. The first-order valence-electron chi connectivity index (χ1n) is 5.93. The zero-order valence-corrected chi connectivity index (χ0v) is 11.0. The van der Waals surface area contributed by atoms with Gasteiger partial charge in [0.25, 0.3) is 5.69 Å². The first-order chi connectivity index (χ1) is 8.49. The molecule has 0 aromatic heterocycles. The summed E-state index contributed by atoms with van der Waals surface area (Å²) in [5.74, 6) is 5.24. The summed E-state index contributed by atoms with van der Waals surface area (Å²) < 4.78 is 0. The molecule has 1 aromatic rings. The van der Waals surface area contributed by atoms with Gasteiger partial charge in [0.1, 0.15) is 5.69 Å². The fraction of sp³-hybridized carbons (Fsp3) is 0.500. The largest absolute Gasteiger partial charge is 0.318 e. The van der Waals surface area contributed by atoms with Gasteiger partial charge >= 0.3 is 0 Å². The lowest BCUT2D eigenvalue weighted by molar-refractivity contribution is -0.384. The monoisotopic (exact) mass is 252 g/mol. The molecule has 1 rings (SSSR count). The van der Waals surface area contributed by atoms with Gasteiger partial charge in [-0.05, 0) is 32.0 Å². The highest BCUT2D eigenvalue weighted by molar-refractivity contribution is 5.61. The van der Waals surface area contributed by atoms with E-state index in [4.69, 9.17) is 5.84 Å². The summed E-state index contributed by atoms with van der Waals surface area (Å²) in [6, 6.07) is 5.49. The molecule has 6 nitrogen and oxygen atoms in total. The van der Waals surface area contributed by atoms with E-state index in [0.717, 1.165) is 12.0 Å². The number of nitrogens with zero attached hydrogens (tertiary/aromatic N) is 2. The van der Waals surface area contributed by atoms with Gasteiger partial charge in [-0.1, -0.05) is 13.0 Å². The molecule has 18 heavy (non-hydrogen) atoms. The number of hydrogen-bond acceptors (Lipinski definition) is 5. The highest BCUT2D eigenvalue weighted by Crippen LogP contribution is 2.25. The van der Waals surface area contributed by atoms with E-state index in [-0.39, 0.29) is 5.69 Å². The summed E-state index contributed by atoms with van der Waals surface area (Å²) >= 11 is 0. The minimum absolute atomic E-state index is 0.00699. The first-order valence-corrected chi connectivity index (χ1v) is 5.93. The van der Waals surface area contributed by atoms with Crippen LogP contribution in [-0.2, 0) is 6.54 Å². The molecule has 0 aliphatic rings. The summed E-state index contributed by atoms with van der Waals surface area (Å²) in [5, 5.41) is 10.9. The molecule has 0 radical (unpaired) electrons. The number of hydrazine groups is 1. The molecule has 0 saturated carbocycles. The van der Waals surface area contributed by atoms with Gasteiger partial charge in [-0.2, -0.15) is 0 Å². The molecule has 0 bridgehead atoms. The Morgan fingerprint density at radius 2 is 2.22 bits per heavy atom. The van der Waals surface area contributed by atoms with E-state index in [1.165, 1.54) is 0 Å². The molecule has 100 valence electrons. The maximum Gasteiger partial charge on any atom is 0.293 e. The molecular weight excluding hydrogens is 232 g/mol. The first kappa shape index (κ1) is 14.4. The van der Waals surface area contributed by atoms with Gasteiger partial charge in [0.15, 0.2) is 0 Å². The standard InChI is InChI=1S/C12H20N4O2/c1-4-9(2)15(3)8-10-5-6-11(14-13)12(7-10)16(17)18/h5-7,9,14H,4,8,13H2,1-3H3. The van der Waals surface area contributed by atoms with E-state index in [1.54, 1.807) is 12.1 Å². The van der Waals surface area contributed by atoms with Crippen molar-refractivity contribution in [3.05, 3.63) is 33.9 Å². The lowest BCUT2D eigenvalue weighted by atomic mass is 10.1. The number of rotatable bonds is 6. The third-order valence-corrected chi connectivity index (χ3v) is 3.19. The normalized spacial score (nSPS) is 12.5. The Balaban J connectivity index is 2.91. The number of nitrogen functional groups attached to an aromatic ring is 1. The summed E-state index contributed by atoms with van der Waals surface area (Å²) in [4.78, 5) is 12.6. The number of nitrogens with one attached hydrogen (secondary N) is 1. The zero-order valence-electron chi connectivity index (χ0n) is 11.0. The molecule has 6 heteroatoms. The number of nitrogens with two attached hydrogens (primary N) is 1. The Hall–Kier alpha value is -1.66. The van der Waals surface area contributed by atoms with Crippen LogP contribution < -0.4 is 11.3 Å². The highest BCUT2D eigenvalue weighted by atomic mass is 16.6. The Kier molecular flexibility index (Phi) is 5.06. The number of anilines is 1. The lowest BCUT2D eigenvalue weighted by Crippen LogP contribution is -2.27. The van der Waals surface area contributed by atoms with Gasteiger partial charge in [0.2, 0.25) is 0 Å². The van der Waals surface area contributed by atoms with Crippen LogP contribution in [0.5, 0.6) is 0 Å². The molecule has 0 saturated heterocycles. The van der Waals surface area contributed by atoms with Crippen LogP contribution in [0.4, 0.5) is 11.4 Å². The Morgan fingerprint density at radius 1 is 1.56 bits per heavy atom. The molecule has 1 unspecified atom stereocenters. The van der Waals surface area contributed by atoms with Crippen LogP contribution in [0.15, 0.2) is 18.2 Å². The van der Waals surface area contributed by atoms with E-state index in [2.05, 4.69) is 24.2 Å². The highest BCUT2D eigenvalue weighted by Gasteiger charge is 2.15. The summed E-state index contributed by atoms with van der Waals surface area (Å²) in [5.41, 5.74) is 3.58. The van der Waals surface area contributed by atoms with Crippen LogP contribution in [0, 0.1) is 10.1 Å². The van der Waals surface area contributed by atoms with Gasteiger partial charge in [0.05, 0.1) is 4.92 Å². The molecule has 0 amide bonds. The van der Waals surface area contributed by atoms with Crippen LogP contribution in [-0.4, -0.2) is 22.9 Å². The van der Waals surface area contributed by atoms with Crippen LogP contribution in [0.2, 0.25) is 0 Å². The van der Waals surface area contributed by atoms with E-state index >= 15 is 0 Å². The van der Waals surface area contributed by atoms with E-state index in [1.807, 2.05) is 13.1 Å². The molecule has 0 aliphatic heterocycles. The smallest absolute Gasteiger partial charge is 0.293 e. The second kappa shape index (κ2) is 6.32. The van der Waals surface area contributed by atoms with Crippen molar-refractivity contribution in [2.45, 2.75) is 32.9 Å². The fourth-order valence-electron chi connectivity index (χ4n) is 1.70. The summed E-state index contributed by atoms with van der Waals surface area (Å²) in [6.45, 7) is 4.93. The molecule has 0 spiro atoms. The summed E-state index contributed by atoms with van der Waals surface area (Å²) in [6.07, 6.45) is 1.04. The van der Waals surface area contributed by atoms with Crippen molar-refractivity contribution in [2.24, 2.45) is 5.84 Å². The van der Waals surface area contributed by atoms with Crippen molar-refractivity contribution >= 4 is 11.4 Å². The Morgan fingerprint density at radius 3 is 2.72 bits per heavy atom. The lowest BCUT2D eigenvalue weighted by Gasteiger charge is -2.23. The zero-order chi connectivity index (χ0) is 13.7. The van der Waals surface area contributed by atoms with Crippen LogP contribution in [0.3, 0.4) is 0 Å². The molecule has 1 atom stereocenters. The second-order valence-electron chi connectivity index (χ2n) is 4.43. The Labute approximate surface area is 107 Å². The van der Waals surface area contributed by atoms with Gasteiger partial charge < -0.3 is 5.43 Å². The maximum atomic E-state index is 10.9. The molecule has 0 fully saturated rings. The van der Waals surface area contributed by atoms with Crippen molar-refractivity contribution < 1.29 is 4.92 Å². The van der Waals surface area contributed by atoms with Crippen molar-refractivity contribution in [2.75, 3.05) is 12.5 Å². The van der Waals surface area contributed by atoms with Crippen LogP contribution in [0.1, 0.15) is 25.8 Å². The number of nitro groups is 1. The fourth-order valence-corrected chi connectivity index (χ4v) is 1.70. The summed E-state index contributed by atoms with van der Waals surface area (Å²) in [7, 11) is 2.01. The predicted octanol–water partition coefficient (Wildman–Crippen LogP) is 2.11. The minimum atomic E-state index is -0.429. The average molecular weight is 252 g/mol. The minimum Gasteiger partial charge on any atom is -0.318 e. The van der Waals surface area contributed by atoms with Crippen molar-refractivity contribution in [1.29, 1.82) is 0 Å². The molecule has 0 aliphatic carbocycles. The second-order valence-corrected chi connectivity index (χ2v) is 4.43. The van der Waals surface area contributed by atoms with Crippen molar-refractivity contribution in [3.8, 4) is 0 Å². The van der Waals surface area contributed by atoms with E-state index in [9.17, 15) is 10.1 Å². The van der Waals surface area contributed by atoms with Gasteiger partial charge in [-0.25, -0.2) is 0 Å². The van der Waals surface area contributed by atoms with Gasteiger partial charge in [-0.15, -0.1) is 0 Å². The predicted molar refractivity (Wildman–Crippen MR) is 72.1 cm³/mol. The molecule has 0 heterocycles. The van der Waals surface area contributed by atoms with Crippen LogP contribution in [0.25, 0.3) is 0 Å². The topological polar surface area (TPSA) is 84.4 Å².